The normalized spacial score (nSPS) is 24.4. The van der Waals surface area contributed by atoms with Crippen LogP contribution in [0, 0.1) is 5.41 Å². The SMILES string of the molecule is C/C(N)=C1\CC(NCCc2ccccc2)CC(C)(C)C1. The molecule has 1 aliphatic carbocycles. The zero-order valence-corrected chi connectivity index (χ0v) is 13.1. The summed E-state index contributed by atoms with van der Waals surface area (Å²) in [6.45, 7) is 7.78. The molecule has 2 heteroatoms. The van der Waals surface area contributed by atoms with Gasteiger partial charge in [-0.1, -0.05) is 44.2 Å². The third-order valence-corrected chi connectivity index (χ3v) is 4.23. The number of hydrogen-bond acceptors (Lipinski definition) is 2. The number of allylic oxidation sites excluding steroid dienone is 1. The van der Waals surface area contributed by atoms with Gasteiger partial charge in [0.25, 0.3) is 0 Å². The molecule has 2 nitrogen and oxygen atoms in total. The molecule has 110 valence electrons. The zero-order valence-electron chi connectivity index (χ0n) is 13.1. The molecule has 0 aromatic heterocycles. The van der Waals surface area contributed by atoms with Crippen LogP contribution in [0.15, 0.2) is 41.6 Å². The molecule has 0 heterocycles. The van der Waals surface area contributed by atoms with E-state index < -0.39 is 0 Å². The smallest absolute Gasteiger partial charge is 0.0110 e. The van der Waals surface area contributed by atoms with E-state index in [9.17, 15) is 0 Å². The third-order valence-electron chi connectivity index (χ3n) is 4.23. The van der Waals surface area contributed by atoms with Crippen LogP contribution in [0.5, 0.6) is 0 Å². The van der Waals surface area contributed by atoms with Crippen LogP contribution >= 0.6 is 0 Å². The largest absolute Gasteiger partial charge is 0.402 e. The number of benzene rings is 1. The van der Waals surface area contributed by atoms with Gasteiger partial charge in [0, 0.05) is 11.7 Å². The summed E-state index contributed by atoms with van der Waals surface area (Å²) in [5.41, 5.74) is 10.2. The first-order valence-corrected chi connectivity index (χ1v) is 7.68. The molecular weight excluding hydrogens is 244 g/mol. The Balaban J connectivity index is 1.87. The Morgan fingerprint density at radius 1 is 1.30 bits per heavy atom. The highest BCUT2D eigenvalue weighted by atomic mass is 14.9. The Morgan fingerprint density at radius 2 is 2.00 bits per heavy atom. The molecule has 1 aliphatic rings. The average molecular weight is 272 g/mol. The minimum atomic E-state index is 0.360. The van der Waals surface area contributed by atoms with Crippen LogP contribution in [0.4, 0.5) is 0 Å². The Kier molecular flexibility index (Phi) is 4.87. The van der Waals surface area contributed by atoms with Gasteiger partial charge in [-0.2, -0.15) is 0 Å². The molecule has 0 spiro atoms. The molecule has 0 aliphatic heterocycles. The second kappa shape index (κ2) is 6.45. The molecule has 3 N–H and O–H groups in total. The molecular formula is C18H28N2. The van der Waals surface area contributed by atoms with Crippen LogP contribution < -0.4 is 11.1 Å². The van der Waals surface area contributed by atoms with Crippen molar-refractivity contribution < 1.29 is 0 Å². The molecule has 0 radical (unpaired) electrons. The van der Waals surface area contributed by atoms with Crippen molar-refractivity contribution in [3.8, 4) is 0 Å². The number of rotatable bonds is 4. The molecule has 1 saturated carbocycles. The molecule has 20 heavy (non-hydrogen) atoms. The summed E-state index contributed by atoms with van der Waals surface area (Å²) in [7, 11) is 0. The fourth-order valence-electron chi connectivity index (χ4n) is 3.27. The quantitative estimate of drug-likeness (QED) is 0.878. The Labute approximate surface area is 123 Å². The fraction of sp³-hybridized carbons (Fsp3) is 0.556. The topological polar surface area (TPSA) is 38.0 Å². The average Bonchev–Trinajstić information content (AvgIpc) is 2.38. The van der Waals surface area contributed by atoms with Crippen molar-refractivity contribution in [3.05, 3.63) is 47.2 Å². The van der Waals surface area contributed by atoms with Crippen LogP contribution in [0.2, 0.25) is 0 Å². The number of hydrogen-bond donors (Lipinski definition) is 2. The van der Waals surface area contributed by atoms with Gasteiger partial charge in [-0.05, 0) is 55.7 Å². The predicted octanol–water partition coefficient (Wildman–Crippen LogP) is 3.63. The summed E-state index contributed by atoms with van der Waals surface area (Å²) in [5.74, 6) is 0. The zero-order chi connectivity index (χ0) is 14.6. The van der Waals surface area contributed by atoms with Crippen molar-refractivity contribution in [2.45, 2.75) is 52.5 Å². The van der Waals surface area contributed by atoms with E-state index in [2.05, 4.69) is 49.5 Å². The lowest BCUT2D eigenvalue weighted by atomic mass is 9.72. The van der Waals surface area contributed by atoms with Crippen molar-refractivity contribution in [1.82, 2.24) is 5.32 Å². The summed E-state index contributed by atoms with van der Waals surface area (Å²) in [6.07, 6.45) is 4.59. The number of nitrogens with two attached hydrogens (primary N) is 1. The highest BCUT2D eigenvalue weighted by Crippen LogP contribution is 2.39. The van der Waals surface area contributed by atoms with E-state index in [1.165, 1.54) is 17.6 Å². The fourth-order valence-corrected chi connectivity index (χ4v) is 3.27. The highest BCUT2D eigenvalue weighted by Gasteiger charge is 2.30. The van der Waals surface area contributed by atoms with E-state index in [0.29, 0.717) is 11.5 Å². The molecule has 1 aromatic carbocycles. The highest BCUT2D eigenvalue weighted by molar-refractivity contribution is 5.17. The monoisotopic (exact) mass is 272 g/mol. The van der Waals surface area contributed by atoms with Crippen molar-refractivity contribution in [2.75, 3.05) is 6.54 Å². The summed E-state index contributed by atoms with van der Waals surface area (Å²) < 4.78 is 0. The molecule has 1 aromatic rings. The Bertz CT molecular complexity index is 456. The minimum absolute atomic E-state index is 0.360. The first-order valence-electron chi connectivity index (χ1n) is 7.68. The summed E-state index contributed by atoms with van der Waals surface area (Å²) in [5, 5.41) is 3.72. The summed E-state index contributed by atoms with van der Waals surface area (Å²) in [6, 6.07) is 11.2. The van der Waals surface area contributed by atoms with Gasteiger partial charge in [0.1, 0.15) is 0 Å². The van der Waals surface area contributed by atoms with Crippen LogP contribution in [0.1, 0.15) is 45.6 Å². The van der Waals surface area contributed by atoms with Crippen molar-refractivity contribution in [1.29, 1.82) is 0 Å². The Hall–Kier alpha value is -1.28. The standard InChI is InChI=1S/C18H28N2/c1-14(19)16-11-17(13-18(2,3)12-16)20-10-9-15-7-5-4-6-8-15/h4-8,17,20H,9-13,19H2,1-3H3/b16-14-. The molecule has 2 rings (SSSR count). The van der Waals surface area contributed by atoms with Gasteiger partial charge in [0.2, 0.25) is 0 Å². The second-order valence-electron chi connectivity index (χ2n) is 6.92. The van der Waals surface area contributed by atoms with Gasteiger partial charge in [-0.25, -0.2) is 0 Å². The Morgan fingerprint density at radius 3 is 2.65 bits per heavy atom. The predicted molar refractivity (Wildman–Crippen MR) is 86.5 cm³/mol. The first-order chi connectivity index (χ1) is 9.46. The van der Waals surface area contributed by atoms with E-state index in [-0.39, 0.29) is 0 Å². The summed E-state index contributed by atoms with van der Waals surface area (Å²) >= 11 is 0. The number of nitrogens with one attached hydrogen (secondary N) is 1. The molecule has 1 fully saturated rings. The third kappa shape index (κ3) is 4.38. The lowest BCUT2D eigenvalue weighted by Gasteiger charge is -2.38. The van der Waals surface area contributed by atoms with E-state index in [1.807, 2.05) is 6.92 Å². The lowest BCUT2D eigenvalue weighted by Crippen LogP contribution is -2.39. The van der Waals surface area contributed by atoms with Crippen molar-refractivity contribution in [3.63, 3.8) is 0 Å². The maximum absolute atomic E-state index is 6.02. The van der Waals surface area contributed by atoms with E-state index >= 15 is 0 Å². The van der Waals surface area contributed by atoms with E-state index in [4.69, 9.17) is 5.73 Å². The first kappa shape index (κ1) is 15.1. The van der Waals surface area contributed by atoms with Gasteiger partial charge >= 0.3 is 0 Å². The molecule has 0 bridgehead atoms. The van der Waals surface area contributed by atoms with Crippen molar-refractivity contribution in [2.24, 2.45) is 11.1 Å². The van der Waals surface area contributed by atoms with E-state index in [0.717, 1.165) is 31.5 Å². The van der Waals surface area contributed by atoms with Gasteiger partial charge in [-0.3, -0.25) is 0 Å². The van der Waals surface area contributed by atoms with Gasteiger partial charge < -0.3 is 11.1 Å². The van der Waals surface area contributed by atoms with Gasteiger partial charge in [0.15, 0.2) is 0 Å². The molecule has 1 unspecified atom stereocenters. The maximum Gasteiger partial charge on any atom is 0.0110 e. The van der Waals surface area contributed by atoms with Crippen LogP contribution in [-0.2, 0) is 6.42 Å². The van der Waals surface area contributed by atoms with Gasteiger partial charge in [0.05, 0.1) is 0 Å². The van der Waals surface area contributed by atoms with E-state index in [1.54, 1.807) is 0 Å². The van der Waals surface area contributed by atoms with Crippen LogP contribution in [-0.4, -0.2) is 12.6 Å². The molecule has 0 amide bonds. The van der Waals surface area contributed by atoms with Crippen LogP contribution in [0.25, 0.3) is 0 Å². The van der Waals surface area contributed by atoms with Gasteiger partial charge in [-0.15, -0.1) is 0 Å². The minimum Gasteiger partial charge on any atom is -0.402 e. The molecule has 0 saturated heterocycles. The lowest BCUT2D eigenvalue weighted by molar-refractivity contribution is 0.239. The van der Waals surface area contributed by atoms with Crippen molar-refractivity contribution >= 4 is 0 Å². The second-order valence-corrected chi connectivity index (χ2v) is 6.92. The summed E-state index contributed by atoms with van der Waals surface area (Å²) in [4.78, 5) is 0. The van der Waals surface area contributed by atoms with Crippen LogP contribution in [0.3, 0.4) is 0 Å². The molecule has 1 atom stereocenters. The maximum atomic E-state index is 6.02.